The lowest BCUT2D eigenvalue weighted by atomic mass is 9.95. The third-order valence-corrected chi connectivity index (χ3v) is 7.25. The van der Waals surface area contributed by atoms with Gasteiger partial charge in [0.25, 0.3) is 5.78 Å². The number of hydrogen-bond donors (Lipinski definition) is 1. The Hall–Kier alpha value is -4.18. The number of carbonyl (C=O) groups excluding carboxylic acids is 3. The molecule has 0 spiro atoms. The number of methoxy groups -OCH3 is 1. The van der Waals surface area contributed by atoms with E-state index in [9.17, 15) is 19.5 Å². The van der Waals surface area contributed by atoms with Crippen LogP contribution in [0.3, 0.4) is 0 Å². The summed E-state index contributed by atoms with van der Waals surface area (Å²) in [6.07, 6.45) is 0.811. The van der Waals surface area contributed by atoms with Crippen LogP contribution in [0.25, 0.3) is 5.76 Å². The van der Waals surface area contributed by atoms with Crippen molar-refractivity contribution < 1.29 is 29.0 Å². The van der Waals surface area contributed by atoms with Crippen LogP contribution in [0.2, 0.25) is 0 Å². The number of esters is 1. The summed E-state index contributed by atoms with van der Waals surface area (Å²) >= 11 is 0.958. The fraction of sp³-hybridized carbons (Fsp3) is 0.286. The van der Waals surface area contributed by atoms with Gasteiger partial charge in [-0.25, -0.2) is 9.78 Å². The van der Waals surface area contributed by atoms with Gasteiger partial charge in [0.2, 0.25) is 0 Å². The summed E-state index contributed by atoms with van der Waals surface area (Å²) in [6, 6.07) is 13.1. The molecule has 1 unspecified atom stereocenters. The van der Waals surface area contributed by atoms with E-state index < -0.39 is 23.7 Å². The first kappa shape index (κ1) is 26.9. The molecule has 198 valence electrons. The van der Waals surface area contributed by atoms with Crippen molar-refractivity contribution in [3.8, 4) is 5.75 Å². The van der Waals surface area contributed by atoms with Gasteiger partial charge in [0.15, 0.2) is 5.13 Å². The average molecular weight is 536 g/mol. The van der Waals surface area contributed by atoms with E-state index in [0.717, 1.165) is 23.4 Å². The second-order valence-corrected chi connectivity index (χ2v) is 9.91. The van der Waals surface area contributed by atoms with Crippen molar-refractivity contribution >= 4 is 45.6 Å². The Bertz CT molecular complexity index is 1410. The van der Waals surface area contributed by atoms with Crippen LogP contribution in [0.5, 0.6) is 5.75 Å². The van der Waals surface area contributed by atoms with E-state index in [1.54, 1.807) is 43.3 Å². The summed E-state index contributed by atoms with van der Waals surface area (Å²) in [4.78, 5) is 46.9. The zero-order chi connectivity index (χ0) is 27.6. The lowest BCUT2D eigenvalue weighted by molar-refractivity contribution is -0.132. The monoisotopic (exact) mass is 535 g/mol. The van der Waals surface area contributed by atoms with Crippen molar-refractivity contribution in [2.75, 3.05) is 37.6 Å². The maximum absolute atomic E-state index is 13.4. The Morgan fingerprint density at radius 1 is 1.16 bits per heavy atom. The van der Waals surface area contributed by atoms with Gasteiger partial charge in [0.1, 0.15) is 16.4 Å². The molecule has 1 aliphatic heterocycles. The summed E-state index contributed by atoms with van der Waals surface area (Å²) in [7, 11) is 5.07. The maximum atomic E-state index is 13.4. The topological polar surface area (TPSA) is 109 Å². The number of ketones is 1. The molecule has 1 saturated heterocycles. The van der Waals surface area contributed by atoms with Crippen LogP contribution in [0.1, 0.15) is 45.9 Å². The largest absolute Gasteiger partial charge is 0.507 e. The SMILES string of the molecule is CCCOc1cccc(C(O)=C2C(=O)C(=O)N(c3nc(C)c(C(=O)OC)s3)C2c2ccc(N(C)C)cc2)c1. The number of hydrogen-bond acceptors (Lipinski definition) is 9. The van der Waals surface area contributed by atoms with E-state index in [-0.39, 0.29) is 21.3 Å². The van der Waals surface area contributed by atoms with E-state index in [1.165, 1.54) is 12.0 Å². The van der Waals surface area contributed by atoms with Crippen molar-refractivity contribution in [1.82, 2.24) is 4.98 Å². The van der Waals surface area contributed by atoms with Gasteiger partial charge >= 0.3 is 11.9 Å². The van der Waals surface area contributed by atoms with E-state index >= 15 is 0 Å². The zero-order valence-corrected chi connectivity index (χ0v) is 22.7. The van der Waals surface area contributed by atoms with Crippen LogP contribution in [0, 0.1) is 6.92 Å². The Morgan fingerprint density at radius 2 is 1.87 bits per heavy atom. The molecule has 1 fully saturated rings. The van der Waals surface area contributed by atoms with Gasteiger partial charge in [-0.15, -0.1) is 0 Å². The smallest absolute Gasteiger partial charge is 0.350 e. The average Bonchev–Trinajstić information content (AvgIpc) is 3.43. The van der Waals surface area contributed by atoms with E-state index in [1.807, 2.05) is 38.1 Å². The second kappa shape index (κ2) is 11.1. The van der Waals surface area contributed by atoms with E-state index in [0.29, 0.717) is 29.2 Å². The highest BCUT2D eigenvalue weighted by molar-refractivity contribution is 7.17. The summed E-state index contributed by atoms with van der Waals surface area (Å²) in [5.41, 5.74) is 2.16. The van der Waals surface area contributed by atoms with Crippen LogP contribution in [-0.2, 0) is 14.3 Å². The normalized spacial score (nSPS) is 16.6. The van der Waals surface area contributed by atoms with Crippen molar-refractivity contribution in [1.29, 1.82) is 0 Å². The van der Waals surface area contributed by atoms with Crippen LogP contribution in [-0.4, -0.2) is 55.6 Å². The summed E-state index contributed by atoms with van der Waals surface area (Å²) in [5, 5.41) is 11.6. The van der Waals surface area contributed by atoms with Crippen LogP contribution in [0.4, 0.5) is 10.8 Å². The molecule has 0 bridgehead atoms. The molecule has 2 heterocycles. The minimum absolute atomic E-state index is 0.0762. The molecule has 2 aromatic carbocycles. The minimum Gasteiger partial charge on any atom is -0.507 e. The molecule has 38 heavy (non-hydrogen) atoms. The molecule has 3 aromatic rings. The number of benzene rings is 2. The standard InChI is InChI=1S/C28H29N3O6S/c1-6-14-37-20-9-7-8-18(15-20)23(32)21-22(17-10-12-19(13-11-17)30(3)4)31(26(34)24(21)33)28-29-16(2)25(38-28)27(35)36-5/h7-13,15,22,32H,6,14H2,1-5H3. The molecular formula is C28H29N3O6S. The van der Waals surface area contributed by atoms with Gasteiger partial charge in [0.05, 0.1) is 31.0 Å². The lowest BCUT2D eigenvalue weighted by Crippen LogP contribution is -2.29. The first-order valence-electron chi connectivity index (χ1n) is 12.0. The van der Waals surface area contributed by atoms with Gasteiger partial charge in [-0.05, 0) is 43.2 Å². The molecule has 4 rings (SSSR count). The quantitative estimate of drug-likeness (QED) is 0.191. The Balaban J connectivity index is 1.89. The highest BCUT2D eigenvalue weighted by atomic mass is 32.1. The fourth-order valence-corrected chi connectivity index (χ4v) is 5.19. The molecular weight excluding hydrogens is 506 g/mol. The molecule has 10 heteroatoms. The number of thiazole rings is 1. The number of amides is 1. The molecule has 9 nitrogen and oxygen atoms in total. The zero-order valence-electron chi connectivity index (χ0n) is 21.8. The summed E-state index contributed by atoms with van der Waals surface area (Å²) in [6.45, 7) is 4.11. The number of Topliss-reactive ketones (excluding diaryl/α,β-unsaturated/α-hetero) is 1. The van der Waals surface area contributed by atoms with E-state index in [4.69, 9.17) is 9.47 Å². The molecule has 1 atom stereocenters. The Morgan fingerprint density at radius 3 is 2.50 bits per heavy atom. The van der Waals surface area contributed by atoms with Crippen molar-refractivity contribution in [2.24, 2.45) is 0 Å². The number of aryl methyl sites for hydroxylation is 1. The third kappa shape index (κ3) is 4.99. The van der Waals surface area contributed by atoms with Gasteiger partial charge < -0.3 is 19.5 Å². The number of nitrogens with zero attached hydrogens (tertiary/aromatic N) is 3. The van der Waals surface area contributed by atoms with Gasteiger partial charge in [-0.3, -0.25) is 14.5 Å². The number of carbonyl (C=O) groups is 3. The van der Waals surface area contributed by atoms with Crippen LogP contribution >= 0.6 is 11.3 Å². The van der Waals surface area contributed by atoms with Crippen molar-refractivity contribution in [3.05, 3.63) is 75.8 Å². The first-order valence-corrected chi connectivity index (χ1v) is 12.9. The highest BCUT2D eigenvalue weighted by Crippen LogP contribution is 2.44. The number of anilines is 2. The molecule has 0 aliphatic carbocycles. The Kier molecular flexibility index (Phi) is 7.82. The third-order valence-electron chi connectivity index (χ3n) is 6.11. The van der Waals surface area contributed by atoms with Crippen LogP contribution < -0.4 is 14.5 Å². The van der Waals surface area contributed by atoms with Crippen LogP contribution in [0.15, 0.2) is 54.1 Å². The predicted molar refractivity (Wildman–Crippen MR) is 146 cm³/mol. The number of ether oxygens (including phenoxy) is 2. The van der Waals surface area contributed by atoms with Crippen molar-refractivity contribution in [3.63, 3.8) is 0 Å². The maximum Gasteiger partial charge on any atom is 0.350 e. The highest BCUT2D eigenvalue weighted by Gasteiger charge is 2.48. The summed E-state index contributed by atoms with van der Waals surface area (Å²) < 4.78 is 10.5. The lowest BCUT2D eigenvalue weighted by Gasteiger charge is -2.23. The molecule has 1 aliphatic rings. The van der Waals surface area contributed by atoms with E-state index in [2.05, 4.69) is 4.98 Å². The predicted octanol–water partition coefficient (Wildman–Crippen LogP) is 4.72. The first-order chi connectivity index (χ1) is 18.2. The number of aliphatic hydroxyl groups excluding tert-OH is 1. The number of rotatable bonds is 8. The second-order valence-electron chi connectivity index (χ2n) is 8.93. The molecule has 1 N–H and O–H groups in total. The molecule has 0 saturated carbocycles. The minimum atomic E-state index is -0.970. The fourth-order valence-electron chi connectivity index (χ4n) is 4.18. The summed E-state index contributed by atoms with van der Waals surface area (Å²) in [5.74, 6) is -2.07. The molecule has 1 aromatic heterocycles. The van der Waals surface area contributed by atoms with Crippen molar-refractivity contribution in [2.45, 2.75) is 26.3 Å². The Labute approximate surface area is 224 Å². The number of aliphatic hydroxyl groups is 1. The molecule has 1 amide bonds. The van der Waals surface area contributed by atoms with Gasteiger partial charge in [-0.1, -0.05) is 42.5 Å². The van der Waals surface area contributed by atoms with Gasteiger partial charge in [-0.2, -0.15) is 0 Å². The van der Waals surface area contributed by atoms with Gasteiger partial charge in [0, 0.05) is 25.3 Å². The molecule has 0 radical (unpaired) electrons. The number of aromatic nitrogens is 1.